The quantitative estimate of drug-likeness (QED) is 0.888. The Bertz CT molecular complexity index is 591. The SMILES string of the molecule is CCn1cc(CN[C@H]2CCCO[C@@H]2c2nccn2CC)cn1. The van der Waals surface area contributed by atoms with Crippen molar-refractivity contribution in [3.63, 3.8) is 0 Å². The number of nitrogens with zero attached hydrogens (tertiary/aromatic N) is 4. The first kappa shape index (κ1) is 15.2. The smallest absolute Gasteiger partial charge is 0.139 e. The summed E-state index contributed by atoms with van der Waals surface area (Å²) < 4.78 is 10.1. The molecule has 2 atom stereocenters. The second-order valence-electron chi connectivity index (χ2n) is 5.70. The molecule has 1 fully saturated rings. The van der Waals surface area contributed by atoms with Gasteiger partial charge in [-0.05, 0) is 26.7 Å². The van der Waals surface area contributed by atoms with Gasteiger partial charge in [-0.25, -0.2) is 4.98 Å². The largest absolute Gasteiger partial charge is 0.369 e. The standard InChI is InChI=1S/C16H25N5O/c1-3-20-8-7-17-16(20)15-14(6-5-9-22-15)18-10-13-11-19-21(4-2)12-13/h7-8,11-12,14-15,18H,3-6,9-10H2,1-2H3/t14-,15-/m0/s1. The highest BCUT2D eigenvalue weighted by atomic mass is 16.5. The highest BCUT2D eigenvalue weighted by molar-refractivity contribution is 5.06. The molecular weight excluding hydrogens is 278 g/mol. The van der Waals surface area contributed by atoms with Crippen molar-refractivity contribution in [1.82, 2.24) is 24.6 Å². The number of rotatable bonds is 6. The van der Waals surface area contributed by atoms with Crippen LogP contribution < -0.4 is 5.32 Å². The van der Waals surface area contributed by atoms with Crippen molar-refractivity contribution in [2.75, 3.05) is 6.61 Å². The molecule has 3 heterocycles. The van der Waals surface area contributed by atoms with Crippen molar-refractivity contribution >= 4 is 0 Å². The van der Waals surface area contributed by atoms with Crippen LogP contribution in [0, 0.1) is 0 Å². The van der Waals surface area contributed by atoms with Gasteiger partial charge in [-0.2, -0.15) is 5.10 Å². The minimum atomic E-state index is 0.0323. The molecule has 3 rings (SSSR count). The summed E-state index contributed by atoms with van der Waals surface area (Å²) in [6.45, 7) is 7.69. The monoisotopic (exact) mass is 303 g/mol. The third-order valence-corrected chi connectivity index (χ3v) is 4.24. The molecule has 0 radical (unpaired) electrons. The number of nitrogens with one attached hydrogen (secondary N) is 1. The van der Waals surface area contributed by atoms with Gasteiger partial charge >= 0.3 is 0 Å². The highest BCUT2D eigenvalue weighted by Gasteiger charge is 2.30. The van der Waals surface area contributed by atoms with Crippen LogP contribution in [-0.4, -0.2) is 32.0 Å². The lowest BCUT2D eigenvalue weighted by atomic mass is 10.0. The lowest BCUT2D eigenvalue weighted by molar-refractivity contribution is -0.0182. The van der Waals surface area contributed by atoms with Crippen LogP contribution in [0.4, 0.5) is 0 Å². The molecule has 22 heavy (non-hydrogen) atoms. The molecule has 0 unspecified atom stereocenters. The molecule has 0 aromatic carbocycles. The lowest BCUT2D eigenvalue weighted by Crippen LogP contribution is -2.40. The Kier molecular flexibility index (Phi) is 4.90. The Hall–Kier alpha value is -1.66. The van der Waals surface area contributed by atoms with Crippen molar-refractivity contribution in [1.29, 1.82) is 0 Å². The van der Waals surface area contributed by atoms with Gasteiger partial charge in [0.2, 0.25) is 0 Å². The molecule has 1 aliphatic rings. The van der Waals surface area contributed by atoms with Gasteiger partial charge in [0, 0.05) is 56.4 Å². The molecule has 6 heteroatoms. The summed E-state index contributed by atoms with van der Waals surface area (Å²) in [5, 5.41) is 7.96. The van der Waals surface area contributed by atoms with Gasteiger partial charge in [-0.3, -0.25) is 4.68 Å². The molecule has 6 nitrogen and oxygen atoms in total. The van der Waals surface area contributed by atoms with Gasteiger partial charge < -0.3 is 14.6 Å². The highest BCUT2D eigenvalue weighted by Crippen LogP contribution is 2.27. The molecule has 120 valence electrons. The van der Waals surface area contributed by atoms with Crippen molar-refractivity contribution in [2.24, 2.45) is 0 Å². The van der Waals surface area contributed by atoms with Crippen LogP contribution in [0.15, 0.2) is 24.8 Å². The summed E-state index contributed by atoms with van der Waals surface area (Å²) in [6.07, 6.45) is 10.2. The van der Waals surface area contributed by atoms with Crippen molar-refractivity contribution in [3.8, 4) is 0 Å². The van der Waals surface area contributed by atoms with Crippen molar-refractivity contribution in [3.05, 3.63) is 36.2 Å². The molecule has 1 N–H and O–H groups in total. The van der Waals surface area contributed by atoms with Gasteiger partial charge in [-0.15, -0.1) is 0 Å². The minimum Gasteiger partial charge on any atom is -0.369 e. The predicted octanol–water partition coefficient (Wildman–Crippen LogP) is 2.13. The fraction of sp³-hybridized carbons (Fsp3) is 0.625. The van der Waals surface area contributed by atoms with Crippen LogP contribution in [0.3, 0.4) is 0 Å². The van der Waals surface area contributed by atoms with E-state index in [2.05, 4.69) is 40.0 Å². The Morgan fingerprint density at radius 2 is 2.27 bits per heavy atom. The van der Waals surface area contributed by atoms with Gasteiger partial charge in [0.1, 0.15) is 11.9 Å². The molecule has 0 saturated carbocycles. The first-order valence-corrected chi connectivity index (χ1v) is 8.19. The van der Waals surface area contributed by atoms with Gasteiger partial charge in [0.15, 0.2) is 0 Å². The maximum Gasteiger partial charge on any atom is 0.139 e. The van der Waals surface area contributed by atoms with Crippen LogP contribution in [0.25, 0.3) is 0 Å². The summed E-state index contributed by atoms with van der Waals surface area (Å²) in [5.74, 6) is 1.03. The molecule has 0 amide bonds. The first-order chi connectivity index (χ1) is 10.8. The van der Waals surface area contributed by atoms with E-state index >= 15 is 0 Å². The molecule has 1 aliphatic heterocycles. The topological polar surface area (TPSA) is 56.9 Å². The fourth-order valence-electron chi connectivity index (χ4n) is 3.01. The van der Waals surface area contributed by atoms with Gasteiger partial charge in [0.25, 0.3) is 0 Å². The number of ether oxygens (including phenoxy) is 1. The van der Waals surface area contributed by atoms with Crippen LogP contribution in [0.1, 0.15) is 44.2 Å². The number of imidazole rings is 1. The molecule has 0 aliphatic carbocycles. The second-order valence-corrected chi connectivity index (χ2v) is 5.70. The Balaban J connectivity index is 1.67. The second kappa shape index (κ2) is 7.07. The molecule has 2 aromatic rings. The predicted molar refractivity (Wildman–Crippen MR) is 84.4 cm³/mol. The maximum absolute atomic E-state index is 6.03. The zero-order valence-electron chi connectivity index (χ0n) is 13.4. The minimum absolute atomic E-state index is 0.0323. The van der Waals surface area contributed by atoms with E-state index in [9.17, 15) is 0 Å². The zero-order chi connectivity index (χ0) is 15.4. The van der Waals surface area contributed by atoms with E-state index in [-0.39, 0.29) is 6.10 Å². The number of aryl methyl sites for hydroxylation is 2. The van der Waals surface area contributed by atoms with Crippen LogP contribution in [0.5, 0.6) is 0 Å². The molecule has 0 bridgehead atoms. The zero-order valence-corrected chi connectivity index (χ0v) is 13.4. The molecule has 1 saturated heterocycles. The van der Waals surface area contributed by atoms with E-state index < -0.39 is 0 Å². The van der Waals surface area contributed by atoms with E-state index in [4.69, 9.17) is 4.74 Å². The van der Waals surface area contributed by atoms with Crippen LogP contribution in [-0.2, 0) is 24.4 Å². The van der Waals surface area contributed by atoms with Crippen LogP contribution in [0.2, 0.25) is 0 Å². The normalized spacial score (nSPS) is 22.1. The summed E-state index contributed by atoms with van der Waals surface area (Å²) in [4.78, 5) is 4.51. The molecule has 0 spiro atoms. The van der Waals surface area contributed by atoms with E-state index in [1.807, 2.05) is 23.3 Å². The van der Waals surface area contributed by atoms with Crippen LogP contribution >= 0.6 is 0 Å². The average Bonchev–Trinajstić information content (AvgIpc) is 3.21. The summed E-state index contributed by atoms with van der Waals surface area (Å²) in [6, 6.07) is 0.298. The van der Waals surface area contributed by atoms with Crippen molar-refractivity contribution < 1.29 is 4.74 Å². The molecule has 2 aromatic heterocycles. The van der Waals surface area contributed by atoms with E-state index in [1.165, 1.54) is 5.56 Å². The maximum atomic E-state index is 6.03. The van der Waals surface area contributed by atoms with Gasteiger partial charge in [-0.1, -0.05) is 0 Å². The Morgan fingerprint density at radius 3 is 3.05 bits per heavy atom. The van der Waals surface area contributed by atoms with Crippen molar-refractivity contribution in [2.45, 2.75) is 58.5 Å². The summed E-state index contributed by atoms with van der Waals surface area (Å²) >= 11 is 0. The summed E-state index contributed by atoms with van der Waals surface area (Å²) in [7, 11) is 0. The number of aromatic nitrogens is 4. The van der Waals surface area contributed by atoms with Gasteiger partial charge in [0.05, 0.1) is 6.20 Å². The van der Waals surface area contributed by atoms with E-state index in [1.54, 1.807) is 0 Å². The number of hydrogen-bond acceptors (Lipinski definition) is 4. The number of hydrogen-bond donors (Lipinski definition) is 1. The van der Waals surface area contributed by atoms with E-state index in [0.29, 0.717) is 6.04 Å². The third-order valence-electron chi connectivity index (χ3n) is 4.24. The van der Waals surface area contributed by atoms with E-state index in [0.717, 1.165) is 44.9 Å². The molecular formula is C16H25N5O. The first-order valence-electron chi connectivity index (χ1n) is 8.19. The Morgan fingerprint density at radius 1 is 1.36 bits per heavy atom. The fourth-order valence-corrected chi connectivity index (χ4v) is 3.01. The lowest BCUT2D eigenvalue weighted by Gasteiger charge is -2.32. The Labute approximate surface area is 131 Å². The third kappa shape index (κ3) is 3.23. The average molecular weight is 303 g/mol. The summed E-state index contributed by atoms with van der Waals surface area (Å²) in [5.41, 5.74) is 1.21.